The molecule has 0 atom stereocenters. The minimum absolute atomic E-state index is 0.162. The second-order valence-electron chi connectivity index (χ2n) is 5.94. The Morgan fingerprint density at radius 1 is 1.50 bits per heavy atom. The predicted octanol–water partition coefficient (Wildman–Crippen LogP) is 1.99. The van der Waals surface area contributed by atoms with Gasteiger partial charge in [-0.1, -0.05) is 18.2 Å². The van der Waals surface area contributed by atoms with Crippen molar-refractivity contribution in [2.45, 2.75) is 31.8 Å². The Labute approximate surface area is 129 Å². The Hall–Kier alpha value is -2.14. The Morgan fingerprint density at radius 3 is 2.91 bits per heavy atom. The quantitative estimate of drug-likeness (QED) is 0.941. The van der Waals surface area contributed by atoms with Crippen molar-refractivity contribution in [2.75, 3.05) is 13.1 Å². The number of nitrogens with zero attached hydrogens (tertiary/aromatic N) is 2. The molecule has 115 valence electrons. The van der Waals surface area contributed by atoms with Crippen LogP contribution < -0.4 is 0 Å². The molecule has 1 aromatic carbocycles. The third-order valence-corrected chi connectivity index (χ3v) is 4.17. The van der Waals surface area contributed by atoms with Crippen molar-refractivity contribution in [2.24, 2.45) is 0 Å². The molecule has 1 radical (unpaired) electrons. The smallest absolute Gasteiger partial charge is 0.291 e. The number of hydrogen-bond acceptors (Lipinski definition) is 4. The fourth-order valence-electron chi connectivity index (χ4n) is 2.92. The summed E-state index contributed by atoms with van der Waals surface area (Å²) >= 11 is 0. The summed E-state index contributed by atoms with van der Waals surface area (Å²) in [6, 6.07) is 9.02. The molecule has 1 aliphatic heterocycles. The zero-order valence-electron chi connectivity index (χ0n) is 12.6. The van der Waals surface area contributed by atoms with Gasteiger partial charge in [0.05, 0.1) is 11.8 Å². The first-order valence-electron chi connectivity index (χ1n) is 7.43. The van der Waals surface area contributed by atoms with Gasteiger partial charge in [0.2, 0.25) is 5.76 Å². The zero-order chi connectivity index (χ0) is 15.6. The van der Waals surface area contributed by atoms with E-state index in [1.165, 1.54) is 12.6 Å². The molecule has 0 unspecified atom stereocenters. The standard InChI is InChI=1S/C17H19N2O3/c1-13-3-2-4-14(9-13)10-17(21)5-7-19(8-6-17)16(20)15-11-18-12-22-15/h2,4,9,11-12,21H,5-8,10H2,1H3. The molecule has 0 saturated carbocycles. The second kappa shape index (κ2) is 5.93. The number of aliphatic hydroxyl groups is 1. The van der Waals surface area contributed by atoms with Gasteiger partial charge in [0.25, 0.3) is 5.91 Å². The number of hydrogen-bond donors (Lipinski definition) is 1. The summed E-state index contributed by atoms with van der Waals surface area (Å²) < 4.78 is 5.04. The normalized spacial score (nSPS) is 17.5. The number of aryl methyl sites for hydroxylation is 1. The monoisotopic (exact) mass is 299 g/mol. The van der Waals surface area contributed by atoms with Crippen molar-refractivity contribution in [3.8, 4) is 0 Å². The average Bonchev–Trinajstić information content (AvgIpc) is 3.01. The van der Waals surface area contributed by atoms with E-state index in [0.717, 1.165) is 11.1 Å². The van der Waals surface area contributed by atoms with Crippen molar-refractivity contribution in [3.05, 3.63) is 53.7 Å². The molecule has 2 aromatic rings. The third kappa shape index (κ3) is 3.20. The van der Waals surface area contributed by atoms with Crippen LogP contribution in [-0.2, 0) is 6.42 Å². The van der Waals surface area contributed by atoms with E-state index in [2.05, 4.69) is 11.1 Å². The van der Waals surface area contributed by atoms with E-state index in [9.17, 15) is 9.90 Å². The molecule has 3 rings (SSSR count). The highest BCUT2D eigenvalue weighted by molar-refractivity contribution is 5.91. The van der Waals surface area contributed by atoms with Crippen molar-refractivity contribution in [1.82, 2.24) is 9.88 Å². The molecule has 22 heavy (non-hydrogen) atoms. The van der Waals surface area contributed by atoms with E-state index in [1.54, 1.807) is 4.90 Å². The fraction of sp³-hybridized carbons (Fsp3) is 0.412. The first-order valence-corrected chi connectivity index (χ1v) is 7.43. The van der Waals surface area contributed by atoms with Crippen LogP contribution >= 0.6 is 0 Å². The SMILES string of the molecule is Cc1[c]ccc(CC2(O)CCN(C(=O)c3cnco3)CC2)c1. The van der Waals surface area contributed by atoms with E-state index in [1.807, 2.05) is 25.1 Å². The van der Waals surface area contributed by atoms with Gasteiger partial charge in [-0.15, -0.1) is 0 Å². The van der Waals surface area contributed by atoms with E-state index >= 15 is 0 Å². The summed E-state index contributed by atoms with van der Waals surface area (Å²) in [5.41, 5.74) is 1.42. The summed E-state index contributed by atoms with van der Waals surface area (Å²) in [4.78, 5) is 17.7. The Morgan fingerprint density at radius 2 is 2.27 bits per heavy atom. The first-order chi connectivity index (χ1) is 10.6. The van der Waals surface area contributed by atoms with Gasteiger partial charge >= 0.3 is 0 Å². The largest absolute Gasteiger partial charge is 0.438 e. The topological polar surface area (TPSA) is 66.6 Å². The van der Waals surface area contributed by atoms with Gasteiger partial charge in [0.1, 0.15) is 0 Å². The van der Waals surface area contributed by atoms with Crippen LogP contribution in [0.15, 0.2) is 35.2 Å². The van der Waals surface area contributed by atoms with E-state index in [0.29, 0.717) is 32.4 Å². The number of piperidine rings is 1. The van der Waals surface area contributed by atoms with Gasteiger partial charge in [-0.05, 0) is 37.0 Å². The van der Waals surface area contributed by atoms with Crippen molar-refractivity contribution < 1.29 is 14.3 Å². The molecule has 1 aliphatic rings. The van der Waals surface area contributed by atoms with Crippen LogP contribution in [-0.4, -0.2) is 39.6 Å². The molecule has 0 bridgehead atoms. The molecule has 1 fully saturated rings. The number of oxazole rings is 1. The lowest BCUT2D eigenvalue weighted by Gasteiger charge is -2.38. The summed E-state index contributed by atoms with van der Waals surface area (Å²) in [5.74, 6) is 0.0874. The predicted molar refractivity (Wildman–Crippen MR) is 80.3 cm³/mol. The Kier molecular flexibility index (Phi) is 3.98. The molecule has 1 amide bonds. The lowest BCUT2D eigenvalue weighted by atomic mass is 9.85. The van der Waals surface area contributed by atoms with Crippen LogP contribution in [0.2, 0.25) is 0 Å². The van der Waals surface area contributed by atoms with Crippen LogP contribution in [0.25, 0.3) is 0 Å². The van der Waals surface area contributed by atoms with Gasteiger partial charge in [-0.25, -0.2) is 4.98 Å². The summed E-state index contributed by atoms with van der Waals surface area (Å²) in [6.07, 6.45) is 4.40. The molecule has 1 aromatic heterocycles. The molecule has 1 saturated heterocycles. The van der Waals surface area contributed by atoms with Crippen LogP contribution in [0.5, 0.6) is 0 Å². The lowest BCUT2D eigenvalue weighted by molar-refractivity contribution is -0.0169. The third-order valence-electron chi connectivity index (χ3n) is 4.17. The number of amides is 1. The molecule has 5 nitrogen and oxygen atoms in total. The molecular weight excluding hydrogens is 280 g/mol. The highest BCUT2D eigenvalue weighted by Gasteiger charge is 2.34. The minimum atomic E-state index is -0.758. The number of benzene rings is 1. The minimum Gasteiger partial charge on any atom is -0.438 e. The van der Waals surface area contributed by atoms with Gasteiger partial charge in [0.15, 0.2) is 6.39 Å². The molecule has 2 heterocycles. The highest BCUT2D eigenvalue weighted by atomic mass is 16.3. The first kappa shape index (κ1) is 14.8. The summed E-state index contributed by atoms with van der Waals surface area (Å²) in [7, 11) is 0. The maximum atomic E-state index is 12.2. The van der Waals surface area contributed by atoms with Crippen LogP contribution in [0.1, 0.15) is 34.5 Å². The zero-order valence-corrected chi connectivity index (χ0v) is 12.6. The van der Waals surface area contributed by atoms with E-state index < -0.39 is 5.60 Å². The number of rotatable bonds is 3. The lowest BCUT2D eigenvalue weighted by Crippen LogP contribution is -2.47. The molecule has 0 spiro atoms. The fourth-order valence-corrected chi connectivity index (χ4v) is 2.92. The molecule has 1 N–H and O–H groups in total. The number of aromatic nitrogens is 1. The molecule has 0 aliphatic carbocycles. The summed E-state index contributed by atoms with van der Waals surface area (Å²) in [5, 5.41) is 10.8. The number of carbonyl (C=O) groups is 1. The Balaban J connectivity index is 1.62. The van der Waals surface area contributed by atoms with Gasteiger partial charge in [-0.2, -0.15) is 0 Å². The van der Waals surface area contributed by atoms with Crippen molar-refractivity contribution >= 4 is 5.91 Å². The second-order valence-corrected chi connectivity index (χ2v) is 5.94. The van der Waals surface area contributed by atoms with Crippen LogP contribution in [0.4, 0.5) is 0 Å². The molecule has 5 heteroatoms. The van der Waals surface area contributed by atoms with Crippen molar-refractivity contribution in [3.63, 3.8) is 0 Å². The summed E-state index contributed by atoms with van der Waals surface area (Å²) in [6.45, 7) is 3.04. The maximum Gasteiger partial charge on any atom is 0.291 e. The van der Waals surface area contributed by atoms with Gasteiger partial charge in [0, 0.05) is 19.5 Å². The number of carbonyl (C=O) groups excluding carboxylic acids is 1. The van der Waals surface area contributed by atoms with Gasteiger partial charge < -0.3 is 14.4 Å². The number of likely N-dealkylation sites (tertiary alicyclic amines) is 1. The molecular formula is C17H19N2O3. The van der Waals surface area contributed by atoms with Crippen molar-refractivity contribution in [1.29, 1.82) is 0 Å². The van der Waals surface area contributed by atoms with E-state index in [4.69, 9.17) is 4.42 Å². The average molecular weight is 299 g/mol. The maximum absolute atomic E-state index is 12.2. The highest BCUT2D eigenvalue weighted by Crippen LogP contribution is 2.27. The van der Waals surface area contributed by atoms with E-state index in [-0.39, 0.29) is 11.7 Å². The van der Waals surface area contributed by atoms with Gasteiger partial charge in [-0.3, -0.25) is 4.79 Å². The Bertz CT molecular complexity index is 644. The van der Waals surface area contributed by atoms with Crippen LogP contribution in [0, 0.1) is 13.0 Å². The van der Waals surface area contributed by atoms with Crippen LogP contribution in [0.3, 0.4) is 0 Å².